The number of aromatic nitrogens is 3. The van der Waals surface area contributed by atoms with Gasteiger partial charge in [-0.1, -0.05) is 170 Å². The van der Waals surface area contributed by atoms with Gasteiger partial charge in [0.25, 0.3) is 0 Å². The molecular formula is C57H35N3O2. The molecule has 0 saturated carbocycles. The smallest absolute Gasteiger partial charge is 0.164 e. The standard InChI is InChI=1S/C57H35N3O2/c1-3-15-36(16-4-1)55-58-56(37-17-5-2-6-18-37)60-57(59-55)44-34-42(38-19-11-21-40(31-38)45-25-13-27-49-47-23-7-9-29-51(47)61-53(45)49)33-43(35-44)39-20-12-22-41(32-39)46-26-14-28-50-48-24-8-10-30-52(48)62-54(46)50/h1-35H/i1D,3D,4D,15D,16D. The highest BCUT2D eigenvalue weighted by Gasteiger charge is 2.18. The molecule has 0 amide bonds. The zero-order valence-electron chi connectivity index (χ0n) is 38.0. The second-order valence-electron chi connectivity index (χ2n) is 15.2. The molecule has 12 aromatic rings. The van der Waals surface area contributed by atoms with Crippen LogP contribution in [-0.2, 0) is 0 Å². The van der Waals surface area contributed by atoms with Crippen molar-refractivity contribution in [1.82, 2.24) is 15.0 Å². The van der Waals surface area contributed by atoms with Gasteiger partial charge in [-0.3, -0.25) is 0 Å². The zero-order valence-corrected chi connectivity index (χ0v) is 33.0. The summed E-state index contributed by atoms with van der Waals surface area (Å²) in [5, 5.41) is 4.20. The molecule has 0 fully saturated rings. The molecule has 12 rings (SSSR count). The first-order chi connectivity index (χ1) is 32.8. The first-order valence-corrected chi connectivity index (χ1v) is 20.3. The van der Waals surface area contributed by atoms with E-state index in [1.165, 1.54) is 0 Å². The lowest BCUT2D eigenvalue weighted by atomic mass is 9.92. The maximum atomic E-state index is 8.88. The van der Waals surface area contributed by atoms with Crippen LogP contribution < -0.4 is 0 Å². The lowest BCUT2D eigenvalue weighted by molar-refractivity contribution is 0.669. The minimum atomic E-state index is -0.494. The van der Waals surface area contributed by atoms with Gasteiger partial charge in [0.05, 0.1) is 6.85 Å². The molecule has 0 aliphatic carbocycles. The van der Waals surface area contributed by atoms with Crippen LogP contribution in [0.4, 0.5) is 0 Å². The average molecular weight is 799 g/mol. The molecule has 5 heteroatoms. The van der Waals surface area contributed by atoms with E-state index in [9.17, 15) is 0 Å². The summed E-state index contributed by atoms with van der Waals surface area (Å²) in [4.78, 5) is 14.7. The van der Waals surface area contributed by atoms with Crippen LogP contribution >= 0.6 is 0 Å². The number of rotatable bonds is 7. The van der Waals surface area contributed by atoms with Crippen LogP contribution in [0.5, 0.6) is 0 Å². The van der Waals surface area contributed by atoms with Crippen LogP contribution in [0.25, 0.3) is 123 Å². The summed E-state index contributed by atoms with van der Waals surface area (Å²) >= 11 is 0. The van der Waals surface area contributed by atoms with Crippen molar-refractivity contribution in [2.24, 2.45) is 0 Å². The molecule has 0 aliphatic heterocycles. The van der Waals surface area contributed by atoms with Crippen LogP contribution in [-0.4, -0.2) is 15.0 Å². The van der Waals surface area contributed by atoms with E-state index in [0.29, 0.717) is 17.0 Å². The quantitative estimate of drug-likeness (QED) is 0.161. The summed E-state index contributed by atoms with van der Waals surface area (Å²) in [6.07, 6.45) is 0. The van der Waals surface area contributed by atoms with Crippen molar-refractivity contribution in [2.75, 3.05) is 0 Å². The van der Waals surface area contributed by atoms with E-state index >= 15 is 0 Å². The van der Waals surface area contributed by atoms with Crippen molar-refractivity contribution in [2.45, 2.75) is 0 Å². The van der Waals surface area contributed by atoms with Gasteiger partial charge in [-0.25, -0.2) is 15.0 Å². The molecule has 0 aliphatic rings. The van der Waals surface area contributed by atoms with Crippen molar-refractivity contribution >= 4 is 43.9 Å². The van der Waals surface area contributed by atoms with E-state index in [1.54, 1.807) is 0 Å². The minimum absolute atomic E-state index is 0.0327. The van der Waals surface area contributed by atoms with Crippen LogP contribution in [0.2, 0.25) is 0 Å². The van der Waals surface area contributed by atoms with Gasteiger partial charge in [-0.15, -0.1) is 0 Å². The molecule has 290 valence electrons. The monoisotopic (exact) mass is 798 g/mol. The zero-order chi connectivity index (χ0) is 45.3. The Kier molecular flexibility index (Phi) is 7.25. The molecule has 3 aromatic heterocycles. The summed E-state index contributed by atoms with van der Waals surface area (Å²) in [7, 11) is 0. The fourth-order valence-electron chi connectivity index (χ4n) is 8.47. The average Bonchev–Trinajstić information content (AvgIpc) is 3.97. The lowest BCUT2D eigenvalue weighted by Crippen LogP contribution is -2.00. The predicted molar refractivity (Wildman–Crippen MR) is 252 cm³/mol. The largest absolute Gasteiger partial charge is 0.455 e. The van der Waals surface area contributed by atoms with Gasteiger partial charge in [0.15, 0.2) is 17.5 Å². The van der Waals surface area contributed by atoms with E-state index in [0.717, 1.165) is 88.4 Å². The van der Waals surface area contributed by atoms with E-state index in [-0.39, 0.29) is 17.2 Å². The normalized spacial score (nSPS) is 12.7. The maximum Gasteiger partial charge on any atom is 0.164 e. The van der Waals surface area contributed by atoms with Crippen molar-refractivity contribution in [3.8, 4) is 78.7 Å². The van der Waals surface area contributed by atoms with Crippen LogP contribution in [0.15, 0.2) is 221 Å². The molecule has 62 heavy (non-hydrogen) atoms. The molecule has 0 N–H and O–H groups in total. The molecule has 0 radical (unpaired) electrons. The van der Waals surface area contributed by atoms with Crippen LogP contribution in [0.3, 0.4) is 0 Å². The molecule has 0 unspecified atom stereocenters. The fourth-order valence-corrected chi connectivity index (χ4v) is 8.47. The number of nitrogens with zero attached hydrogens (tertiary/aromatic N) is 3. The highest BCUT2D eigenvalue weighted by Crippen LogP contribution is 2.41. The second-order valence-corrected chi connectivity index (χ2v) is 15.2. The summed E-state index contributed by atoms with van der Waals surface area (Å²) in [5.41, 5.74) is 12.0. The van der Waals surface area contributed by atoms with E-state index in [2.05, 4.69) is 91.0 Å². The Morgan fingerprint density at radius 2 is 0.710 bits per heavy atom. The first kappa shape index (κ1) is 30.6. The Morgan fingerprint density at radius 1 is 0.306 bits per heavy atom. The van der Waals surface area contributed by atoms with Gasteiger partial charge in [0, 0.05) is 49.4 Å². The third-order valence-electron chi connectivity index (χ3n) is 11.4. The van der Waals surface area contributed by atoms with Crippen LogP contribution in [0, 0.1) is 0 Å². The highest BCUT2D eigenvalue weighted by molar-refractivity contribution is 6.10. The van der Waals surface area contributed by atoms with E-state index in [4.69, 9.17) is 30.6 Å². The molecule has 0 atom stereocenters. The Labute approximate surface area is 364 Å². The van der Waals surface area contributed by atoms with Crippen molar-refractivity contribution in [3.63, 3.8) is 0 Å². The third-order valence-corrected chi connectivity index (χ3v) is 11.4. The molecular weight excluding hydrogens is 759 g/mol. The molecule has 0 spiro atoms. The van der Waals surface area contributed by atoms with Crippen molar-refractivity contribution in [3.05, 3.63) is 212 Å². The minimum Gasteiger partial charge on any atom is -0.455 e. The fraction of sp³-hybridized carbons (Fsp3) is 0. The van der Waals surface area contributed by atoms with Crippen molar-refractivity contribution in [1.29, 1.82) is 0 Å². The Bertz CT molecular complexity index is 3750. The number of para-hydroxylation sites is 4. The number of fused-ring (bicyclic) bond motifs is 6. The number of hydrogen-bond donors (Lipinski definition) is 0. The summed E-state index contributed by atoms with van der Waals surface area (Å²) < 4.78 is 55.9. The van der Waals surface area contributed by atoms with Crippen molar-refractivity contribution < 1.29 is 15.7 Å². The Morgan fingerprint density at radius 3 is 1.27 bits per heavy atom. The second kappa shape index (κ2) is 14.7. The van der Waals surface area contributed by atoms with Gasteiger partial charge in [-0.05, 0) is 75.8 Å². The van der Waals surface area contributed by atoms with E-state index < -0.39 is 30.2 Å². The summed E-state index contributed by atoms with van der Waals surface area (Å²) in [5.74, 6) is 0.529. The van der Waals surface area contributed by atoms with Gasteiger partial charge in [0.1, 0.15) is 22.3 Å². The summed E-state index contributed by atoms with van der Waals surface area (Å²) in [6.45, 7) is 0. The molecule has 3 heterocycles. The van der Waals surface area contributed by atoms with Gasteiger partial charge >= 0.3 is 0 Å². The first-order valence-electron chi connectivity index (χ1n) is 22.8. The summed E-state index contributed by atoms with van der Waals surface area (Å²) in [6, 6.07) is 58.7. The number of furan rings is 2. The lowest BCUT2D eigenvalue weighted by Gasteiger charge is -2.14. The van der Waals surface area contributed by atoms with Crippen LogP contribution in [0.1, 0.15) is 6.85 Å². The SMILES string of the molecule is [2H]c1c([2H])c([2H])c(-c2nc(-c3ccccc3)nc(-c3cc(-c4cccc(-c5cccc6c5oc5ccccc56)c4)cc(-c4cccc(-c5cccc6c5oc5ccccc56)c4)c3)n2)c([2H])c1[2H]. The topological polar surface area (TPSA) is 65.0 Å². The molecule has 0 saturated heterocycles. The van der Waals surface area contributed by atoms with Gasteiger partial charge < -0.3 is 8.83 Å². The Hall–Kier alpha value is -8.41. The number of benzene rings is 9. The third kappa shape index (κ3) is 6.23. The maximum absolute atomic E-state index is 8.88. The van der Waals surface area contributed by atoms with Gasteiger partial charge in [-0.2, -0.15) is 0 Å². The van der Waals surface area contributed by atoms with Gasteiger partial charge in [0.2, 0.25) is 0 Å². The molecule has 9 aromatic carbocycles. The molecule has 5 nitrogen and oxygen atoms in total. The highest BCUT2D eigenvalue weighted by atomic mass is 16.3. The predicted octanol–water partition coefficient (Wildman–Crippen LogP) is 15.3. The van der Waals surface area contributed by atoms with E-state index in [1.807, 2.05) is 91.0 Å². The molecule has 0 bridgehead atoms. The number of hydrogen-bond acceptors (Lipinski definition) is 5. The Balaban J connectivity index is 1.07.